The predicted molar refractivity (Wildman–Crippen MR) is 86.1 cm³/mol. The van der Waals surface area contributed by atoms with Gasteiger partial charge >= 0.3 is 0 Å². The van der Waals surface area contributed by atoms with Crippen molar-refractivity contribution in [2.45, 2.75) is 36.8 Å². The maximum Gasteiger partial charge on any atom is 0.147 e. The van der Waals surface area contributed by atoms with E-state index in [-0.39, 0.29) is 11.1 Å². The Morgan fingerprint density at radius 2 is 1.71 bits per heavy atom. The summed E-state index contributed by atoms with van der Waals surface area (Å²) in [5.74, 6) is -0.155. The van der Waals surface area contributed by atoms with E-state index in [0.29, 0.717) is 10.6 Å². The highest BCUT2D eigenvalue weighted by atomic mass is 32.2. The van der Waals surface area contributed by atoms with Crippen LogP contribution in [0.2, 0.25) is 0 Å². The highest BCUT2D eigenvalue weighted by Crippen LogP contribution is 2.23. The molecule has 1 atom stereocenters. The maximum atomic E-state index is 13.4. The van der Waals surface area contributed by atoms with Crippen molar-refractivity contribution in [2.75, 3.05) is 5.73 Å². The molecule has 0 aromatic heterocycles. The van der Waals surface area contributed by atoms with Gasteiger partial charge in [-0.2, -0.15) is 0 Å². The first-order chi connectivity index (χ1) is 9.77. The van der Waals surface area contributed by atoms with E-state index in [1.165, 1.54) is 17.7 Å². The Bertz CT molecular complexity index is 659. The molecular formula is C17H20FNOS. The van der Waals surface area contributed by atoms with Crippen molar-refractivity contribution in [3.05, 3.63) is 59.4 Å². The van der Waals surface area contributed by atoms with Crippen LogP contribution in [0.3, 0.4) is 0 Å². The van der Waals surface area contributed by atoms with Crippen LogP contribution in [0.25, 0.3) is 0 Å². The van der Waals surface area contributed by atoms with Gasteiger partial charge in [0.05, 0.1) is 22.2 Å². The van der Waals surface area contributed by atoms with Crippen molar-refractivity contribution in [1.82, 2.24) is 0 Å². The highest BCUT2D eigenvalue weighted by Gasteiger charge is 2.13. The second kappa shape index (κ2) is 5.98. The quantitative estimate of drug-likeness (QED) is 0.871. The molecule has 4 heteroatoms. The minimum atomic E-state index is -1.28. The number of hydrogen-bond donors (Lipinski definition) is 1. The molecule has 0 heterocycles. The lowest BCUT2D eigenvalue weighted by Gasteiger charge is -2.19. The summed E-state index contributed by atoms with van der Waals surface area (Å²) >= 11 is 0. The lowest BCUT2D eigenvalue weighted by molar-refractivity contribution is 0.590. The van der Waals surface area contributed by atoms with E-state index in [1.54, 1.807) is 6.07 Å². The van der Waals surface area contributed by atoms with Crippen LogP contribution < -0.4 is 5.73 Å². The van der Waals surface area contributed by atoms with Crippen LogP contribution in [0.1, 0.15) is 31.9 Å². The summed E-state index contributed by atoms with van der Waals surface area (Å²) in [4.78, 5) is 0.460. The van der Waals surface area contributed by atoms with Crippen LogP contribution in [0.4, 0.5) is 10.1 Å². The van der Waals surface area contributed by atoms with Gasteiger partial charge in [0.15, 0.2) is 0 Å². The smallest absolute Gasteiger partial charge is 0.147 e. The van der Waals surface area contributed by atoms with Crippen molar-refractivity contribution in [1.29, 1.82) is 0 Å². The van der Waals surface area contributed by atoms with Crippen LogP contribution in [0.5, 0.6) is 0 Å². The van der Waals surface area contributed by atoms with Crippen LogP contribution in [-0.2, 0) is 22.0 Å². The van der Waals surface area contributed by atoms with Gasteiger partial charge in [-0.05, 0) is 34.7 Å². The van der Waals surface area contributed by atoms with E-state index < -0.39 is 16.6 Å². The minimum absolute atomic E-state index is 0.0743. The molecule has 0 amide bonds. The molecule has 0 saturated heterocycles. The van der Waals surface area contributed by atoms with Crippen LogP contribution in [0, 0.1) is 5.82 Å². The average Bonchev–Trinajstić information content (AvgIpc) is 2.41. The van der Waals surface area contributed by atoms with Gasteiger partial charge in [-0.3, -0.25) is 4.21 Å². The number of benzene rings is 2. The van der Waals surface area contributed by atoms with E-state index in [2.05, 4.69) is 32.9 Å². The van der Waals surface area contributed by atoms with Gasteiger partial charge in [0.2, 0.25) is 0 Å². The Labute approximate surface area is 127 Å². The number of nitrogens with two attached hydrogens (primary N) is 1. The van der Waals surface area contributed by atoms with Gasteiger partial charge in [-0.25, -0.2) is 4.39 Å². The molecule has 0 aliphatic heterocycles. The molecule has 0 radical (unpaired) electrons. The fourth-order valence-electron chi connectivity index (χ4n) is 1.99. The monoisotopic (exact) mass is 305 g/mol. The second-order valence-corrected chi connectivity index (χ2v) is 7.57. The SMILES string of the molecule is CC(C)(C)c1ccc(CS(=O)c2ccc(N)c(F)c2)cc1. The molecule has 0 spiro atoms. The summed E-state index contributed by atoms with van der Waals surface area (Å²) in [5, 5.41) is 0. The zero-order valence-electron chi connectivity index (χ0n) is 12.5. The zero-order chi connectivity index (χ0) is 15.6. The van der Waals surface area contributed by atoms with E-state index >= 15 is 0 Å². The summed E-state index contributed by atoms with van der Waals surface area (Å²) in [6.45, 7) is 6.45. The molecule has 112 valence electrons. The first kappa shape index (κ1) is 15.7. The topological polar surface area (TPSA) is 43.1 Å². The number of halogens is 1. The Hall–Kier alpha value is -1.68. The first-order valence-electron chi connectivity index (χ1n) is 6.80. The average molecular weight is 305 g/mol. The third-order valence-electron chi connectivity index (χ3n) is 3.35. The number of nitrogen functional groups attached to an aromatic ring is 1. The third kappa shape index (κ3) is 3.91. The molecule has 2 aromatic carbocycles. The van der Waals surface area contributed by atoms with E-state index in [0.717, 1.165) is 5.56 Å². The van der Waals surface area contributed by atoms with E-state index in [9.17, 15) is 8.60 Å². The number of hydrogen-bond acceptors (Lipinski definition) is 2. The summed E-state index contributed by atoms with van der Waals surface area (Å²) < 4.78 is 25.7. The molecular weight excluding hydrogens is 285 g/mol. The predicted octanol–water partition coefficient (Wildman–Crippen LogP) is 4.01. The molecule has 0 bridgehead atoms. The van der Waals surface area contributed by atoms with Gasteiger partial charge in [0, 0.05) is 4.90 Å². The largest absolute Gasteiger partial charge is 0.396 e. The van der Waals surface area contributed by atoms with Crippen molar-refractivity contribution in [2.24, 2.45) is 0 Å². The van der Waals surface area contributed by atoms with Gasteiger partial charge in [0.1, 0.15) is 5.82 Å². The lowest BCUT2D eigenvalue weighted by Crippen LogP contribution is -2.10. The molecule has 0 fully saturated rings. The van der Waals surface area contributed by atoms with Crippen molar-refractivity contribution < 1.29 is 8.60 Å². The molecule has 2 N–H and O–H groups in total. The maximum absolute atomic E-state index is 13.4. The Morgan fingerprint density at radius 1 is 1.10 bits per heavy atom. The Balaban J connectivity index is 2.14. The highest BCUT2D eigenvalue weighted by molar-refractivity contribution is 7.84. The zero-order valence-corrected chi connectivity index (χ0v) is 13.3. The number of rotatable bonds is 3. The molecule has 2 aromatic rings. The molecule has 2 nitrogen and oxygen atoms in total. The molecule has 21 heavy (non-hydrogen) atoms. The Kier molecular flexibility index (Phi) is 4.47. The van der Waals surface area contributed by atoms with E-state index in [1.807, 2.05) is 12.1 Å². The van der Waals surface area contributed by atoms with E-state index in [4.69, 9.17) is 5.73 Å². The van der Waals surface area contributed by atoms with Crippen LogP contribution in [-0.4, -0.2) is 4.21 Å². The van der Waals surface area contributed by atoms with Gasteiger partial charge in [0.25, 0.3) is 0 Å². The van der Waals surface area contributed by atoms with Crippen molar-refractivity contribution in [3.63, 3.8) is 0 Å². The van der Waals surface area contributed by atoms with Gasteiger partial charge in [-0.1, -0.05) is 45.0 Å². The standard InChI is InChI=1S/C17H20FNOS/c1-17(2,3)13-6-4-12(5-7-13)11-21(20)14-8-9-16(19)15(18)10-14/h4-10H,11,19H2,1-3H3. The summed E-state index contributed by atoms with van der Waals surface area (Å²) in [6, 6.07) is 12.4. The lowest BCUT2D eigenvalue weighted by atomic mass is 9.87. The molecule has 0 aliphatic rings. The summed E-state index contributed by atoms with van der Waals surface area (Å²) in [5.41, 5.74) is 7.80. The fraction of sp³-hybridized carbons (Fsp3) is 0.294. The second-order valence-electron chi connectivity index (χ2n) is 6.12. The van der Waals surface area contributed by atoms with Crippen LogP contribution >= 0.6 is 0 Å². The van der Waals surface area contributed by atoms with Gasteiger partial charge in [-0.15, -0.1) is 0 Å². The molecule has 1 unspecified atom stereocenters. The van der Waals surface area contributed by atoms with Crippen LogP contribution in [0.15, 0.2) is 47.4 Å². The van der Waals surface area contributed by atoms with Crippen molar-refractivity contribution >= 4 is 16.5 Å². The molecule has 2 rings (SSSR count). The van der Waals surface area contributed by atoms with Crippen molar-refractivity contribution in [3.8, 4) is 0 Å². The molecule has 0 saturated carbocycles. The summed E-state index contributed by atoms with van der Waals surface area (Å²) in [7, 11) is -1.28. The third-order valence-corrected chi connectivity index (χ3v) is 4.73. The Morgan fingerprint density at radius 3 is 2.24 bits per heavy atom. The summed E-state index contributed by atoms with van der Waals surface area (Å²) in [6.07, 6.45) is 0. The van der Waals surface area contributed by atoms with Gasteiger partial charge < -0.3 is 5.73 Å². The first-order valence-corrected chi connectivity index (χ1v) is 8.12. The minimum Gasteiger partial charge on any atom is -0.396 e. The molecule has 0 aliphatic carbocycles. The normalized spacial score (nSPS) is 13.1. The number of anilines is 1. The fourth-order valence-corrected chi connectivity index (χ4v) is 3.10.